The van der Waals surface area contributed by atoms with Crippen LogP contribution in [0.1, 0.15) is 87.5 Å². The molecule has 0 aromatic rings. The minimum Gasteiger partial charge on any atom is -0.414 e. The van der Waals surface area contributed by atoms with Gasteiger partial charge in [0.15, 0.2) is 16.6 Å². The van der Waals surface area contributed by atoms with Crippen molar-refractivity contribution in [2.75, 3.05) is 0 Å². The molecule has 0 aromatic carbocycles. The van der Waals surface area contributed by atoms with E-state index in [1.54, 1.807) is 6.08 Å². The standard InChI is InChI=1S/C30H58O3Si2/c1-15-18-26(31)19-17-20-27(32-34(11,12)29(5,6)7)23-24(3)21-22-25(4)28(16-2)33-35(13,14)30(8,9)10/h15-16,21-22,24-25,27-28H,1-2,17-20,23H2,3-14H3/b22-21+/t24-,25-,27+,28-/m0/s1. The number of rotatable bonds is 16. The smallest absolute Gasteiger partial charge is 0.192 e. The van der Waals surface area contributed by atoms with Gasteiger partial charge in [-0.2, -0.15) is 0 Å². The van der Waals surface area contributed by atoms with Crippen LogP contribution in [0.5, 0.6) is 0 Å². The fraction of sp³-hybridized carbons (Fsp3) is 0.767. The molecule has 0 amide bonds. The summed E-state index contributed by atoms with van der Waals surface area (Å²) in [6.07, 6.45) is 12.3. The van der Waals surface area contributed by atoms with Crippen molar-refractivity contribution in [2.45, 2.75) is 136 Å². The van der Waals surface area contributed by atoms with Gasteiger partial charge in [0.25, 0.3) is 0 Å². The number of carbonyl (C=O) groups excluding carboxylic acids is 1. The summed E-state index contributed by atoms with van der Waals surface area (Å²) in [6, 6.07) is 0. The van der Waals surface area contributed by atoms with E-state index in [-0.39, 0.29) is 34.0 Å². The summed E-state index contributed by atoms with van der Waals surface area (Å²) in [5, 5.41) is 0.335. The van der Waals surface area contributed by atoms with Crippen LogP contribution in [0, 0.1) is 11.8 Å². The Labute approximate surface area is 221 Å². The third kappa shape index (κ3) is 12.4. The minimum atomic E-state index is -1.89. The van der Waals surface area contributed by atoms with Gasteiger partial charge in [-0.05, 0) is 61.4 Å². The second-order valence-corrected chi connectivity index (χ2v) is 23.0. The van der Waals surface area contributed by atoms with Gasteiger partial charge in [0.05, 0.1) is 6.10 Å². The number of hydrogen-bond donors (Lipinski definition) is 0. The highest BCUT2D eigenvalue weighted by Crippen LogP contribution is 2.39. The first-order chi connectivity index (χ1) is 15.8. The molecular formula is C30H58O3Si2. The molecule has 0 saturated carbocycles. The highest BCUT2D eigenvalue weighted by atomic mass is 28.4. The number of ketones is 1. The van der Waals surface area contributed by atoms with E-state index >= 15 is 0 Å². The van der Waals surface area contributed by atoms with Gasteiger partial charge in [-0.25, -0.2) is 0 Å². The first kappa shape index (κ1) is 34.2. The topological polar surface area (TPSA) is 35.5 Å². The third-order valence-corrected chi connectivity index (χ3v) is 17.0. The molecule has 0 radical (unpaired) electrons. The fourth-order valence-electron chi connectivity index (χ4n) is 3.46. The van der Waals surface area contributed by atoms with Crippen LogP contribution in [-0.2, 0) is 13.6 Å². The van der Waals surface area contributed by atoms with Crippen LogP contribution in [0.25, 0.3) is 0 Å². The number of Topliss-reactive ketones (excluding diaryl/α,β-unsaturated/α-hetero) is 1. The molecule has 0 aliphatic rings. The molecule has 0 unspecified atom stereocenters. The molecule has 5 heteroatoms. The van der Waals surface area contributed by atoms with E-state index in [0.717, 1.165) is 19.3 Å². The largest absolute Gasteiger partial charge is 0.414 e. The van der Waals surface area contributed by atoms with Gasteiger partial charge >= 0.3 is 0 Å². The zero-order valence-corrected chi connectivity index (χ0v) is 27.3. The normalized spacial score (nSPS) is 17.1. The van der Waals surface area contributed by atoms with Crippen LogP contribution in [0.4, 0.5) is 0 Å². The van der Waals surface area contributed by atoms with Crippen LogP contribution in [0.15, 0.2) is 37.5 Å². The van der Waals surface area contributed by atoms with Gasteiger partial charge in [-0.3, -0.25) is 4.79 Å². The summed E-state index contributed by atoms with van der Waals surface area (Å²) in [6.45, 7) is 35.1. The molecule has 4 atom stereocenters. The summed E-state index contributed by atoms with van der Waals surface area (Å²) in [5.74, 6) is 0.917. The Morgan fingerprint density at radius 2 is 1.40 bits per heavy atom. The summed E-state index contributed by atoms with van der Waals surface area (Å²) in [4.78, 5) is 12.0. The van der Waals surface area contributed by atoms with E-state index in [4.69, 9.17) is 8.85 Å². The molecule has 204 valence electrons. The summed E-state index contributed by atoms with van der Waals surface area (Å²) in [7, 11) is -3.76. The molecule has 0 aromatic heterocycles. The van der Waals surface area contributed by atoms with E-state index in [1.165, 1.54) is 0 Å². The molecule has 3 nitrogen and oxygen atoms in total. The lowest BCUT2D eigenvalue weighted by atomic mass is 9.96. The Morgan fingerprint density at radius 3 is 1.86 bits per heavy atom. The van der Waals surface area contributed by atoms with Crippen LogP contribution < -0.4 is 0 Å². The maximum absolute atomic E-state index is 12.0. The number of allylic oxidation sites excluding steroid dienone is 2. The van der Waals surface area contributed by atoms with Crippen molar-refractivity contribution in [3.63, 3.8) is 0 Å². The molecule has 0 spiro atoms. The molecule has 0 aliphatic carbocycles. The highest BCUT2D eigenvalue weighted by Gasteiger charge is 2.40. The van der Waals surface area contributed by atoms with Crippen LogP contribution in [0.2, 0.25) is 36.3 Å². The minimum absolute atomic E-state index is 0.0227. The second kappa shape index (κ2) is 14.3. The average molecular weight is 523 g/mol. The van der Waals surface area contributed by atoms with Crippen molar-refractivity contribution < 1.29 is 13.6 Å². The molecule has 0 fully saturated rings. The predicted octanol–water partition coefficient (Wildman–Crippen LogP) is 9.49. The molecule has 35 heavy (non-hydrogen) atoms. The second-order valence-electron chi connectivity index (χ2n) is 13.5. The van der Waals surface area contributed by atoms with Gasteiger partial charge in [0, 0.05) is 24.9 Å². The first-order valence-corrected chi connectivity index (χ1v) is 19.4. The monoisotopic (exact) mass is 522 g/mol. The first-order valence-electron chi connectivity index (χ1n) is 13.6. The Kier molecular flexibility index (Phi) is 13.9. The predicted molar refractivity (Wildman–Crippen MR) is 160 cm³/mol. The van der Waals surface area contributed by atoms with Crippen LogP contribution in [-0.4, -0.2) is 34.6 Å². The van der Waals surface area contributed by atoms with Gasteiger partial charge in [0.1, 0.15) is 5.78 Å². The van der Waals surface area contributed by atoms with Gasteiger partial charge in [-0.1, -0.05) is 79.7 Å². The Balaban J connectivity index is 5.32. The van der Waals surface area contributed by atoms with Crippen molar-refractivity contribution in [1.82, 2.24) is 0 Å². The molecule has 0 heterocycles. The molecule has 0 bridgehead atoms. The SMILES string of the molecule is C=CCC(=O)CCC[C@H](C[C@@H](C)/C=C/[C@H](C)[C@H](C=C)O[Si](C)(C)C(C)(C)C)O[Si](C)(C)C(C)(C)C. The molecule has 0 rings (SSSR count). The lowest BCUT2D eigenvalue weighted by Crippen LogP contribution is -2.44. The molecule has 0 aliphatic heterocycles. The van der Waals surface area contributed by atoms with Crippen molar-refractivity contribution in [3.8, 4) is 0 Å². The Bertz CT molecular complexity index is 695. The lowest BCUT2D eigenvalue weighted by molar-refractivity contribution is -0.118. The van der Waals surface area contributed by atoms with Crippen LogP contribution in [0.3, 0.4) is 0 Å². The average Bonchev–Trinajstić information content (AvgIpc) is 2.68. The van der Waals surface area contributed by atoms with Gasteiger partial charge in [-0.15, -0.1) is 13.2 Å². The summed E-state index contributed by atoms with van der Waals surface area (Å²) < 4.78 is 13.5. The van der Waals surface area contributed by atoms with Gasteiger partial charge in [0.2, 0.25) is 0 Å². The maximum atomic E-state index is 12.0. The van der Waals surface area contributed by atoms with E-state index in [1.807, 2.05) is 6.08 Å². The van der Waals surface area contributed by atoms with E-state index in [9.17, 15) is 4.79 Å². The third-order valence-electron chi connectivity index (χ3n) is 7.99. The zero-order chi connectivity index (χ0) is 27.7. The van der Waals surface area contributed by atoms with Crippen molar-refractivity contribution >= 4 is 22.4 Å². The van der Waals surface area contributed by atoms with E-state index in [2.05, 4.69) is 107 Å². The highest BCUT2D eigenvalue weighted by molar-refractivity contribution is 6.74. The Morgan fingerprint density at radius 1 is 0.886 bits per heavy atom. The van der Waals surface area contributed by atoms with E-state index in [0.29, 0.717) is 18.8 Å². The summed E-state index contributed by atoms with van der Waals surface area (Å²) >= 11 is 0. The molecule has 0 N–H and O–H groups in total. The van der Waals surface area contributed by atoms with Crippen LogP contribution >= 0.6 is 0 Å². The van der Waals surface area contributed by atoms with Crippen molar-refractivity contribution in [2.24, 2.45) is 11.8 Å². The van der Waals surface area contributed by atoms with Gasteiger partial charge < -0.3 is 8.85 Å². The maximum Gasteiger partial charge on any atom is 0.192 e. The molecule has 0 saturated heterocycles. The van der Waals surface area contributed by atoms with Crippen molar-refractivity contribution in [1.29, 1.82) is 0 Å². The lowest BCUT2D eigenvalue weighted by Gasteiger charge is -2.40. The summed E-state index contributed by atoms with van der Waals surface area (Å²) in [5.41, 5.74) is 0. The number of carbonyl (C=O) groups is 1. The Hall–Kier alpha value is -0.756. The molecular weight excluding hydrogens is 464 g/mol. The van der Waals surface area contributed by atoms with Crippen molar-refractivity contribution in [3.05, 3.63) is 37.5 Å². The van der Waals surface area contributed by atoms with E-state index < -0.39 is 16.6 Å². The number of hydrogen-bond acceptors (Lipinski definition) is 3. The fourth-order valence-corrected chi connectivity index (χ4v) is 6.21. The quantitative estimate of drug-likeness (QED) is 0.149. The zero-order valence-electron chi connectivity index (χ0n) is 25.3.